The number of hydrogen-bond acceptors (Lipinski definition) is 4. The van der Waals surface area contributed by atoms with Crippen LogP contribution in [-0.2, 0) is 4.79 Å². The number of amides is 1. The van der Waals surface area contributed by atoms with E-state index in [9.17, 15) is 14.4 Å². The second-order valence-corrected chi connectivity index (χ2v) is 5.59. The molecule has 2 aromatic rings. The zero-order valence-corrected chi connectivity index (χ0v) is 13.0. The minimum absolute atomic E-state index is 0.0833. The Kier molecular flexibility index (Phi) is 3.98. The molecule has 116 valence electrons. The fourth-order valence-corrected chi connectivity index (χ4v) is 2.86. The molecule has 1 aliphatic rings. The Morgan fingerprint density at radius 3 is 2.35 bits per heavy atom. The maximum Gasteiger partial charge on any atom is 0.238 e. The molecule has 0 fully saturated rings. The summed E-state index contributed by atoms with van der Waals surface area (Å²) in [5.41, 5.74) is 1.32. The van der Waals surface area contributed by atoms with Crippen LogP contribution in [0.1, 0.15) is 31.8 Å². The molecule has 0 spiro atoms. The van der Waals surface area contributed by atoms with Gasteiger partial charge in [0.1, 0.15) is 0 Å². The van der Waals surface area contributed by atoms with Crippen molar-refractivity contribution >= 4 is 34.8 Å². The van der Waals surface area contributed by atoms with Gasteiger partial charge in [-0.2, -0.15) is 0 Å². The van der Waals surface area contributed by atoms with Crippen LogP contribution in [-0.4, -0.2) is 31.1 Å². The number of rotatable bonds is 3. The molecule has 0 saturated carbocycles. The lowest BCUT2D eigenvalue weighted by atomic mass is 9.83. The monoisotopic (exact) mass is 328 g/mol. The Balaban J connectivity index is 2.16. The molecule has 0 radical (unpaired) electrons. The number of ketones is 2. The third-order valence-electron chi connectivity index (χ3n) is 3.60. The molecule has 0 atom stereocenters. The van der Waals surface area contributed by atoms with Crippen LogP contribution < -0.4 is 10.6 Å². The first-order valence-electron chi connectivity index (χ1n) is 6.99. The molecule has 0 heterocycles. The Labute approximate surface area is 137 Å². The lowest BCUT2D eigenvalue weighted by Crippen LogP contribution is -2.28. The van der Waals surface area contributed by atoms with Crippen molar-refractivity contribution in [3.05, 3.63) is 63.7 Å². The number of likely N-dealkylation sites (N-methyl/N-ethyl adjacent to an activating group) is 1. The van der Waals surface area contributed by atoms with Gasteiger partial charge in [0.15, 0.2) is 11.6 Å². The zero-order chi connectivity index (χ0) is 16.6. The van der Waals surface area contributed by atoms with E-state index >= 15 is 0 Å². The molecule has 0 unspecified atom stereocenters. The van der Waals surface area contributed by atoms with Crippen LogP contribution in [0, 0.1) is 0 Å². The fourth-order valence-electron chi connectivity index (χ4n) is 2.64. The summed E-state index contributed by atoms with van der Waals surface area (Å²) in [4.78, 5) is 37.2. The number of carbonyl (C=O) groups is 3. The lowest BCUT2D eigenvalue weighted by molar-refractivity contribution is -0.115. The molecular weight excluding hydrogens is 316 g/mol. The topological polar surface area (TPSA) is 75.3 Å². The van der Waals surface area contributed by atoms with Gasteiger partial charge in [0.05, 0.1) is 17.8 Å². The summed E-state index contributed by atoms with van der Waals surface area (Å²) in [6.07, 6.45) is 0. The standard InChI is InChI=1S/C17H13ClN2O3/c1-19-8-14(21)20-13-7-9(18)6-12-15(13)17(23)11-5-3-2-4-10(11)16(12)22/h2-7,19H,8H2,1H3,(H,20,21). The highest BCUT2D eigenvalue weighted by Gasteiger charge is 2.32. The minimum Gasteiger partial charge on any atom is -0.324 e. The molecule has 0 saturated heterocycles. The van der Waals surface area contributed by atoms with Gasteiger partial charge in [-0.15, -0.1) is 0 Å². The van der Waals surface area contributed by atoms with E-state index in [1.54, 1.807) is 31.3 Å². The molecule has 0 aromatic heterocycles. The van der Waals surface area contributed by atoms with Gasteiger partial charge in [0, 0.05) is 21.7 Å². The SMILES string of the molecule is CNCC(=O)Nc1cc(Cl)cc2c1C(=O)c1ccccc1C2=O. The van der Waals surface area contributed by atoms with E-state index in [1.165, 1.54) is 12.1 Å². The molecule has 6 heteroatoms. The molecule has 0 bridgehead atoms. The number of anilines is 1. The van der Waals surface area contributed by atoms with Crippen LogP contribution >= 0.6 is 11.6 Å². The summed E-state index contributed by atoms with van der Waals surface area (Å²) in [7, 11) is 1.64. The van der Waals surface area contributed by atoms with E-state index in [4.69, 9.17) is 11.6 Å². The highest BCUT2D eigenvalue weighted by atomic mass is 35.5. The first-order chi connectivity index (χ1) is 11.0. The summed E-state index contributed by atoms with van der Waals surface area (Å²) < 4.78 is 0. The highest BCUT2D eigenvalue weighted by Crippen LogP contribution is 2.34. The first-order valence-corrected chi connectivity index (χ1v) is 7.37. The third-order valence-corrected chi connectivity index (χ3v) is 3.82. The molecule has 0 aliphatic heterocycles. The number of hydrogen-bond donors (Lipinski definition) is 2. The fraction of sp³-hybridized carbons (Fsp3) is 0.118. The van der Waals surface area contributed by atoms with Gasteiger partial charge >= 0.3 is 0 Å². The predicted molar refractivity (Wildman–Crippen MR) is 87.3 cm³/mol. The molecule has 1 aliphatic carbocycles. The molecular formula is C17H13ClN2O3. The van der Waals surface area contributed by atoms with Crippen LogP contribution in [0.3, 0.4) is 0 Å². The van der Waals surface area contributed by atoms with Gasteiger partial charge in [0.25, 0.3) is 0 Å². The van der Waals surface area contributed by atoms with E-state index in [1.807, 2.05) is 0 Å². The largest absolute Gasteiger partial charge is 0.324 e. The third kappa shape index (κ3) is 2.65. The average molecular weight is 329 g/mol. The summed E-state index contributed by atoms with van der Waals surface area (Å²) >= 11 is 6.05. The minimum atomic E-state index is -0.323. The second kappa shape index (κ2) is 5.95. The molecule has 23 heavy (non-hydrogen) atoms. The molecule has 2 N–H and O–H groups in total. The zero-order valence-electron chi connectivity index (χ0n) is 12.3. The maximum atomic E-state index is 12.8. The maximum absolute atomic E-state index is 12.8. The molecule has 5 nitrogen and oxygen atoms in total. The Morgan fingerprint density at radius 2 is 1.70 bits per heavy atom. The smallest absolute Gasteiger partial charge is 0.238 e. The summed E-state index contributed by atoms with van der Waals surface area (Å²) in [5, 5.41) is 5.64. The van der Waals surface area contributed by atoms with Crippen molar-refractivity contribution < 1.29 is 14.4 Å². The lowest BCUT2D eigenvalue weighted by Gasteiger charge is -2.20. The van der Waals surface area contributed by atoms with E-state index in [0.717, 1.165) is 0 Å². The highest BCUT2D eigenvalue weighted by molar-refractivity contribution is 6.35. The van der Waals surface area contributed by atoms with Crippen molar-refractivity contribution in [2.75, 3.05) is 18.9 Å². The van der Waals surface area contributed by atoms with Gasteiger partial charge in [0.2, 0.25) is 5.91 Å². The van der Waals surface area contributed by atoms with Gasteiger partial charge in [-0.1, -0.05) is 35.9 Å². The Bertz CT molecular complexity index is 846. The predicted octanol–water partition coefficient (Wildman–Crippen LogP) is 2.27. The molecule has 2 aromatic carbocycles. The quantitative estimate of drug-likeness (QED) is 0.773. The van der Waals surface area contributed by atoms with Gasteiger partial charge in [-0.25, -0.2) is 0 Å². The number of nitrogens with one attached hydrogen (secondary N) is 2. The van der Waals surface area contributed by atoms with Crippen LogP contribution in [0.2, 0.25) is 5.02 Å². The average Bonchev–Trinajstić information content (AvgIpc) is 2.52. The molecule has 3 rings (SSSR count). The molecule has 1 amide bonds. The van der Waals surface area contributed by atoms with Crippen LogP contribution in [0.15, 0.2) is 36.4 Å². The van der Waals surface area contributed by atoms with Crippen LogP contribution in [0.4, 0.5) is 5.69 Å². The summed E-state index contributed by atoms with van der Waals surface area (Å²) in [5.74, 6) is -0.899. The first kappa shape index (κ1) is 15.4. The second-order valence-electron chi connectivity index (χ2n) is 5.16. The van der Waals surface area contributed by atoms with Crippen LogP contribution in [0.25, 0.3) is 0 Å². The van der Waals surface area contributed by atoms with E-state index in [2.05, 4.69) is 10.6 Å². The van der Waals surface area contributed by atoms with Gasteiger partial charge in [-0.3, -0.25) is 14.4 Å². The Morgan fingerprint density at radius 1 is 1.04 bits per heavy atom. The van der Waals surface area contributed by atoms with Gasteiger partial charge < -0.3 is 10.6 Å². The number of benzene rings is 2. The van der Waals surface area contributed by atoms with E-state index in [-0.39, 0.29) is 45.9 Å². The van der Waals surface area contributed by atoms with Crippen molar-refractivity contribution in [1.82, 2.24) is 5.32 Å². The number of halogens is 1. The van der Waals surface area contributed by atoms with Gasteiger partial charge in [-0.05, 0) is 19.2 Å². The van der Waals surface area contributed by atoms with E-state index < -0.39 is 0 Å². The van der Waals surface area contributed by atoms with Crippen molar-refractivity contribution in [3.8, 4) is 0 Å². The summed E-state index contributed by atoms with van der Waals surface area (Å²) in [6, 6.07) is 9.55. The van der Waals surface area contributed by atoms with E-state index in [0.29, 0.717) is 11.1 Å². The van der Waals surface area contributed by atoms with Crippen molar-refractivity contribution in [2.24, 2.45) is 0 Å². The Hall–Kier alpha value is -2.50. The van der Waals surface area contributed by atoms with Crippen molar-refractivity contribution in [3.63, 3.8) is 0 Å². The van der Waals surface area contributed by atoms with Crippen LogP contribution in [0.5, 0.6) is 0 Å². The summed E-state index contributed by atoms with van der Waals surface area (Å²) in [6.45, 7) is 0.0833. The normalized spacial score (nSPS) is 12.6. The van der Waals surface area contributed by atoms with Crippen molar-refractivity contribution in [1.29, 1.82) is 0 Å². The number of fused-ring (bicyclic) bond motifs is 2. The van der Waals surface area contributed by atoms with Crippen molar-refractivity contribution in [2.45, 2.75) is 0 Å². The number of carbonyl (C=O) groups excluding carboxylic acids is 3.